The third kappa shape index (κ3) is 2.01. The van der Waals surface area contributed by atoms with Crippen molar-refractivity contribution in [3.05, 3.63) is 42.0 Å². The zero-order valence-corrected chi connectivity index (χ0v) is 11.2. The second-order valence-electron chi connectivity index (χ2n) is 5.64. The maximum Gasteiger partial charge on any atom is 0.307 e. The molecule has 2 bridgehead atoms. The highest BCUT2D eigenvalue weighted by atomic mass is 16.4. The average Bonchev–Trinajstić information content (AvgIpc) is 3.01. The van der Waals surface area contributed by atoms with Gasteiger partial charge in [0.25, 0.3) is 0 Å². The summed E-state index contributed by atoms with van der Waals surface area (Å²) in [4.78, 5) is 23.9. The Morgan fingerprint density at radius 3 is 2.45 bits per heavy atom. The SMILES string of the molecule is Cc1ccccc1NC(=O)[C@H]1[C@H](C(=O)O)[C@H]2C=C[C@H]1C2. The summed E-state index contributed by atoms with van der Waals surface area (Å²) < 4.78 is 0. The molecule has 1 aromatic rings. The van der Waals surface area contributed by atoms with Crippen molar-refractivity contribution >= 4 is 17.6 Å². The molecule has 0 saturated heterocycles. The summed E-state index contributed by atoms with van der Waals surface area (Å²) in [5, 5.41) is 12.2. The molecule has 2 N–H and O–H groups in total. The van der Waals surface area contributed by atoms with E-state index < -0.39 is 17.8 Å². The van der Waals surface area contributed by atoms with Crippen molar-refractivity contribution in [3.8, 4) is 0 Å². The van der Waals surface area contributed by atoms with Crippen molar-refractivity contribution in [3.63, 3.8) is 0 Å². The van der Waals surface area contributed by atoms with Gasteiger partial charge >= 0.3 is 5.97 Å². The smallest absolute Gasteiger partial charge is 0.307 e. The lowest BCUT2D eigenvalue weighted by atomic mass is 9.82. The highest BCUT2D eigenvalue weighted by molar-refractivity contribution is 5.96. The predicted octanol–water partition coefficient (Wildman–Crippen LogP) is 2.46. The highest BCUT2D eigenvalue weighted by Gasteiger charge is 2.51. The highest BCUT2D eigenvalue weighted by Crippen LogP contribution is 2.48. The van der Waals surface area contributed by atoms with Crippen LogP contribution in [0, 0.1) is 30.6 Å². The van der Waals surface area contributed by atoms with Crippen molar-refractivity contribution < 1.29 is 14.7 Å². The van der Waals surface area contributed by atoms with Gasteiger partial charge in [-0.3, -0.25) is 9.59 Å². The Balaban J connectivity index is 1.82. The Morgan fingerprint density at radius 1 is 1.15 bits per heavy atom. The summed E-state index contributed by atoms with van der Waals surface area (Å²) in [5.41, 5.74) is 1.74. The minimum absolute atomic E-state index is 0.00474. The topological polar surface area (TPSA) is 66.4 Å². The first-order valence-corrected chi connectivity index (χ1v) is 6.85. The standard InChI is InChI=1S/C16H17NO3/c1-9-4-2-3-5-12(9)17-15(18)13-10-6-7-11(8-10)14(13)16(19)20/h2-7,10-11,13-14H,8H2,1H3,(H,17,18)(H,19,20)/t10-,11-,13+,14+/m0/s1. The van der Waals surface area contributed by atoms with E-state index in [9.17, 15) is 14.7 Å². The van der Waals surface area contributed by atoms with Crippen LogP contribution < -0.4 is 5.32 Å². The molecule has 104 valence electrons. The Hall–Kier alpha value is -2.10. The first-order chi connectivity index (χ1) is 9.58. The fourth-order valence-corrected chi connectivity index (χ4v) is 3.45. The number of amides is 1. The average molecular weight is 271 g/mol. The zero-order chi connectivity index (χ0) is 14.3. The van der Waals surface area contributed by atoms with Crippen LogP contribution in [0.15, 0.2) is 36.4 Å². The van der Waals surface area contributed by atoms with Crippen molar-refractivity contribution in [1.29, 1.82) is 0 Å². The number of para-hydroxylation sites is 1. The monoisotopic (exact) mass is 271 g/mol. The van der Waals surface area contributed by atoms with Crippen molar-refractivity contribution in [1.82, 2.24) is 0 Å². The van der Waals surface area contributed by atoms with Crippen molar-refractivity contribution in [2.75, 3.05) is 5.32 Å². The number of aryl methyl sites for hydroxylation is 1. The largest absolute Gasteiger partial charge is 0.481 e. The number of allylic oxidation sites excluding steroid dienone is 2. The molecule has 4 atom stereocenters. The number of hydrogen-bond donors (Lipinski definition) is 2. The van der Waals surface area contributed by atoms with Crippen molar-refractivity contribution in [2.45, 2.75) is 13.3 Å². The minimum atomic E-state index is -0.869. The maximum absolute atomic E-state index is 12.5. The molecule has 0 heterocycles. The van der Waals surface area contributed by atoms with Crippen LogP contribution in [0.25, 0.3) is 0 Å². The zero-order valence-electron chi connectivity index (χ0n) is 11.2. The van der Waals surface area contributed by atoms with Crippen LogP contribution in [0.5, 0.6) is 0 Å². The van der Waals surface area contributed by atoms with Crippen LogP contribution in [0.3, 0.4) is 0 Å². The molecule has 4 nitrogen and oxygen atoms in total. The van der Waals surface area contributed by atoms with E-state index in [1.54, 1.807) is 0 Å². The first kappa shape index (κ1) is 12.9. The van der Waals surface area contributed by atoms with E-state index in [0.29, 0.717) is 0 Å². The number of nitrogens with one attached hydrogen (secondary N) is 1. The van der Waals surface area contributed by atoms with Gasteiger partial charge in [0.2, 0.25) is 5.91 Å². The summed E-state index contributed by atoms with van der Waals surface area (Å²) in [6.07, 6.45) is 4.72. The van der Waals surface area contributed by atoms with Gasteiger partial charge in [0.15, 0.2) is 0 Å². The van der Waals surface area contributed by atoms with Gasteiger partial charge in [0.05, 0.1) is 11.8 Å². The third-order valence-corrected chi connectivity index (χ3v) is 4.45. The number of carboxylic acid groups (broad SMARTS) is 1. The molecule has 3 rings (SSSR count). The molecule has 20 heavy (non-hydrogen) atoms. The molecule has 2 aliphatic carbocycles. The summed E-state index contributed by atoms with van der Waals surface area (Å²) in [7, 11) is 0. The van der Waals surface area contributed by atoms with Crippen LogP contribution in [0.1, 0.15) is 12.0 Å². The molecule has 1 saturated carbocycles. The van der Waals surface area contributed by atoms with E-state index >= 15 is 0 Å². The maximum atomic E-state index is 12.5. The molecule has 0 spiro atoms. The molecule has 0 radical (unpaired) electrons. The van der Waals surface area contributed by atoms with E-state index in [1.807, 2.05) is 43.3 Å². The predicted molar refractivity (Wildman–Crippen MR) is 75.2 cm³/mol. The summed E-state index contributed by atoms with van der Waals surface area (Å²) >= 11 is 0. The van der Waals surface area contributed by atoms with Gasteiger partial charge in [-0.15, -0.1) is 0 Å². The number of carbonyl (C=O) groups excluding carboxylic acids is 1. The van der Waals surface area contributed by atoms with E-state index in [4.69, 9.17) is 0 Å². The summed E-state index contributed by atoms with van der Waals surface area (Å²) in [6.45, 7) is 1.92. The van der Waals surface area contributed by atoms with E-state index in [-0.39, 0.29) is 17.7 Å². The number of benzene rings is 1. The number of rotatable bonds is 3. The minimum Gasteiger partial charge on any atom is -0.481 e. The number of hydrogen-bond acceptors (Lipinski definition) is 2. The lowest BCUT2D eigenvalue weighted by Gasteiger charge is -2.24. The number of anilines is 1. The van der Waals surface area contributed by atoms with E-state index in [0.717, 1.165) is 17.7 Å². The fraction of sp³-hybridized carbons (Fsp3) is 0.375. The van der Waals surface area contributed by atoms with Crippen LogP contribution in [-0.2, 0) is 9.59 Å². The van der Waals surface area contributed by atoms with Gasteiger partial charge in [-0.2, -0.15) is 0 Å². The second kappa shape index (κ2) is 4.78. The Kier molecular flexibility index (Phi) is 3.08. The number of carbonyl (C=O) groups is 2. The molecule has 0 aliphatic heterocycles. The quantitative estimate of drug-likeness (QED) is 0.830. The summed E-state index contributed by atoms with van der Waals surface area (Å²) in [6, 6.07) is 7.53. The van der Waals surface area contributed by atoms with Crippen LogP contribution in [0.2, 0.25) is 0 Å². The van der Waals surface area contributed by atoms with Gasteiger partial charge in [-0.1, -0.05) is 30.4 Å². The molecule has 0 unspecified atom stereocenters. The van der Waals surface area contributed by atoms with Gasteiger partial charge in [0, 0.05) is 5.69 Å². The third-order valence-electron chi connectivity index (χ3n) is 4.45. The molecular formula is C16H17NO3. The normalized spacial score (nSPS) is 30.4. The fourth-order valence-electron chi connectivity index (χ4n) is 3.45. The Morgan fingerprint density at radius 2 is 1.80 bits per heavy atom. The van der Waals surface area contributed by atoms with Gasteiger partial charge in [0.1, 0.15) is 0 Å². The second-order valence-corrected chi connectivity index (χ2v) is 5.64. The van der Waals surface area contributed by atoms with Crippen LogP contribution >= 0.6 is 0 Å². The molecule has 0 aromatic heterocycles. The number of fused-ring (bicyclic) bond motifs is 2. The molecular weight excluding hydrogens is 254 g/mol. The first-order valence-electron chi connectivity index (χ1n) is 6.85. The number of carboxylic acids is 1. The molecule has 1 amide bonds. The Labute approximate surface area is 117 Å². The van der Waals surface area contributed by atoms with E-state index in [1.165, 1.54) is 0 Å². The lowest BCUT2D eigenvalue weighted by molar-refractivity contribution is -0.146. The molecule has 4 heteroatoms. The Bertz CT molecular complexity index is 593. The number of aliphatic carboxylic acids is 1. The van der Waals surface area contributed by atoms with Crippen LogP contribution in [0.4, 0.5) is 5.69 Å². The van der Waals surface area contributed by atoms with Gasteiger partial charge in [-0.05, 0) is 36.8 Å². The van der Waals surface area contributed by atoms with Gasteiger partial charge in [-0.25, -0.2) is 0 Å². The van der Waals surface area contributed by atoms with Gasteiger partial charge < -0.3 is 10.4 Å². The van der Waals surface area contributed by atoms with Crippen LogP contribution in [-0.4, -0.2) is 17.0 Å². The van der Waals surface area contributed by atoms with Crippen molar-refractivity contribution in [2.24, 2.45) is 23.7 Å². The lowest BCUT2D eigenvalue weighted by Crippen LogP contribution is -2.36. The van der Waals surface area contributed by atoms with E-state index in [2.05, 4.69) is 5.32 Å². The summed E-state index contributed by atoms with van der Waals surface area (Å²) in [5.74, 6) is -2.03. The molecule has 2 aliphatic rings. The molecule has 1 fully saturated rings. The molecule has 1 aromatic carbocycles.